The fourth-order valence-corrected chi connectivity index (χ4v) is 4.26. The Morgan fingerprint density at radius 3 is 2.62 bits per heavy atom. The molecule has 1 saturated carbocycles. The highest BCUT2D eigenvalue weighted by molar-refractivity contribution is 8.00. The van der Waals surface area contributed by atoms with Crippen LogP contribution in [0.2, 0.25) is 0 Å². The number of carbonyl (C=O) groups excluding carboxylic acids is 1. The molecular weight excluding hydrogens is 288 g/mol. The molecule has 0 aromatic heterocycles. The van der Waals surface area contributed by atoms with E-state index in [9.17, 15) is 14.7 Å². The number of carboxylic acids is 1. The van der Waals surface area contributed by atoms with E-state index in [2.05, 4.69) is 19.2 Å². The number of rotatable bonds is 3. The average Bonchev–Trinajstić information content (AvgIpc) is 2.49. The number of nitrogens with zero attached hydrogens (tertiary/aromatic N) is 1. The van der Waals surface area contributed by atoms with Gasteiger partial charge in [-0.3, -0.25) is 0 Å². The lowest BCUT2D eigenvalue weighted by Crippen LogP contribution is -2.60. The summed E-state index contributed by atoms with van der Waals surface area (Å²) >= 11 is 1.90. The van der Waals surface area contributed by atoms with Crippen molar-refractivity contribution < 1.29 is 14.7 Å². The van der Waals surface area contributed by atoms with E-state index in [-0.39, 0.29) is 6.03 Å². The number of carboxylic acid groups (broad SMARTS) is 1. The number of carbonyl (C=O) groups is 2. The molecule has 2 rings (SSSR count). The lowest BCUT2D eigenvalue weighted by molar-refractivity contribution is -0.146. The van der Waals surface area contributed by atoms with Gasteiger partial charge in [-0.15, -0.1) is 0 Å². The molecule has 0 spiro atoms. The molecule has 0 aromatic rings. The Morgan fingerprint density at radius 1 is 1.38 bits per heavy atom. The number of nitrogens with one attached hydrogen (secondary N) is 1. The Morgan fingerprint density at radius 2 is 2.05 bits per heavy atom. The van der Waals surface area contributed by atoms with Crippen molar-refractivity contribution in [3.8, 4) is 0 Å². The van der Waals surface area contributed by atoms with Gasteiger partial charge >= 0.3 is 12.0 Å². The molecule has 2 amide bonds. The second-order valence-electron chi connectivity index (χ2n) is 6.35. The Hall–Kier alpha value is -0.910. The third kappa shape index (κ3) is 3.84. The average molecular weight is 314 g/mol. The van der Waals surface area contributed by atoms with Gasteiger partial charge in [0.05, 0.1) is 0 Å². The number of urea groups is 1. The maximum atomic E-state index is 12.5. The summed E-state index contributed by atoms with van der Waals surface area (Å²) < 4.78 is 0. The zero-order valence-corrected chi connectivity index (χ0v) is 13.7. The summed E-state index contributed by atoms with van der Waals surface area (Å²) in [5.41, 5.74) is -1.06. The molecule has 2 aliphatic rings. The second-order valence-corrected chi connectivity index (χ2v) is 7.76. The molecule has 0 bridgehead atoms. The molecule has 21 heavy (non-hydrogen) atoms. The summed E-state index contributed by atoms with van der Waals surface area (Å²) in [6.07, 6.45) is 3.83. The summed E-state index contributed by atoms with van der Waals surface area (Å²) in [6.45, 7) is 5.69. The normalized spacial score (nSPS) is 33.5. The van der Waals surface area contributed by atoms with Gasteiger partial charge < -0.3 is 15.3 Å². The fraction of sp³-hybridized carbons (Fsp3) is 0.867. The standard InChI is InChI=1S/C15H26N2O3S/c1-3-12-10-17(8-9-21-12)14(20)16-15(13(18)19)6-4-11(2)5-7-15/h11-12H,3-10H2,1-2H3,(H,16,20)(H,18,19). The molecule has 120 valence electrons. The SMILES string of the molecule is CCC1CN(C(=O)NC2(C(=O)O)CCC(C)CC2)CCS1. The van der Waals surface area contributed by atoms with Crippen molar-refractivity contribution in [3.05, 3.63) is 0 Å². The van der Waals surface area contributed by atoms with Crippen molar-refractivity contribution in [2.75, 3.05) is 18.8 Å². The van der Waals surface area contributed by atoms with Gasteiger partial charge in [-0.25, -0.2) is 9.59 Å². The molecule has 2 N–H and O–H groups in total. The quantitative estimate of drug-likeness (QED) is 0.840. The molecule has 0 radical (unpaired) electrons. The van der Waals surface area contributed by atoms with E-state index in [1.165, 1.54) is 0 Å². The van der Waals surface area contributed by atoms with Crippen molar-refractivity contribution in [2.24, 2.45) is 5.92 Å². The van der Waals surface area contributed by atoms with Crippen molar-refractivity contribution >= 4 is 23.8 Å². The van der Waals surface area contributed by atoms with Crippen LogP contribution >= 0.6 is 11.8 Å². The van der Waals surface area contributed by atoms with Gasteiger partial charge in [0.25, 0.3) is 0 Å². The third-order valence-corrected chi connectivity index (χ3v) is 6.14. The van der Waals surface area contributed by atoms with Crippen molar-refractivity contribution in [2.45, 2.75) is 56.7 Å². The van der Waals surface area contributed by atoms with Crippen LogP contribution in [0.25, 0.3) is 0 Å². The molecule has 1 aliphatic heterocycles. The summed E-state index contributed by atoms with van der Waals surface area (Å²) in [5.74, 6) is 0.592. The van der Waals surface area contributed by atoms with E-state index in [4.69, 9.17) is 0 Å². The van der Waals surface area contributed by atoms with Crippen LogP contribution in [-0.4, -0.2) is 51.6 Å². The maximum Gasteiger partial charge on any atom is 0.329 e. The lowest BCUT2D eigenvalue weighted by atomic mass is 9.77. The van der Waals surface area contributed by atoms with Gasteiger partial charge in [0.1, 0.15) is 5.54 Å². The molecule has 2 fully saturated rings. The molecule has 1 atom stereocenters. The Balaban J connectivity index is 2.00. The van der Waals surface area contributed by atoms with Gasteiger partial charge in [-0.1, -0.05) is 13.8 Å². The van der Waals surface area contributed by atoms with Crippen molar-refractivity contribution in [1.82, 2.24) is 10.2 Å². The fourth-order valence-electron chi connectivity index (χ4n) is 3.08. The second kappa shape index (κ2) is 6.90. The van der Waals surface area contributed by atoms with Crippen LogP contribution in [0.5, 0.6) is 0 Å². The molecule has 1 unspecified atom stereocenters. The van der Waals surface area contributed by atoms with E-state index < -0.39 is 11.5 Å². The van der Waals surface area contributed by atoms with E-state index in [0.717, 1.165) is 31.6 Å². The molecule has 1 saturated heterocycles. The van der Waals surface area contributed by atoms with Crippen LogP contribution in [0.15, 0.2) is 0 Å². The highest BCUT2D eigenvalue weighted by Gasteiger charge is 2.43. The van der Waals surface area contributed by atoms with Gasteiger partial charge in [0, 0.05) is 24.1 Å². The molecule has 6 heteroatoms. The lowest BCUT2D eigenvalue weighted by Gasteiger charge is -2.39. The monoisotopic (exact) mass is 314 g/mol. The Kier molecular flexibility index (Phi) is 5.41. The highest BCUT2D eigenvalue weighted by atomic mass is 32.2. The molecular formula is C15H26N2O3S. The van der Waals surface area contributed by atoms with Gasteiger partial charge in [-0.2, -0.15) is 11.8 Å². The zero-order valence-electron chi connectivity index (χ0n) is 12.9. The minimum absolute atomic E-state index is 0.203. The third-order valence-electron chi connectivity index (χ3n) is 4.76. The summed E-state index contributed by atoms with van der Waals surface area (Å²) in [4.78, 5) is 25.9. The summed E-state index contributed by atoms with van der Waals surface area (Å²) in [6, 6.07) is -0.203. The van der Waals surface area contributed by atoms with E-state index in [0.29, 0.717) is 30.6 Å². The minimum atomic E-state index is -1.06. The molecule has 1 heterocycles. The van der Waals surface area contributed by atoms with E-state index in [1.807, 2.05) is 11.8 Å². The molecule has 0 aromatic carbocycles. The first-order chi connectivity index (χ1) is 9.97. The van der Waals surface area contributed by atoms with Gasteiger partial charge in [0.2, 0.25) is 0 Å². The van der Waals surface area contributed by atoms with Crippen LogP contribution in [0.4, 0.5) is 4.79 Å². The summed E-state index contributed by atoms with van der Waals surface area (Å²) in [7, 11) is 0. The van der Waals surface area contributed by atoms with Crippen molar-refractivity contribution in [3.63, 3.8) is 0 Å². The van der Waals surface area contributed by atoms with Crippen LogP contribution < -0.4 is 5.32 Å². The summed E-state index contributed by atoms with van der Waals surface area (Å²) in [5, 5.41) is 12.9. The zero-order chi connectivity index (χ0) is 15.5. The van der Waals surface area contributed by atoms with E-state index >= 15 is 0 Å². The highest BCUT2D eigenvalue weighted by Crippen LogP contribution is 2.32. The largest absolute Gasteiger partial charge is 0.480 e. The Labute approximate surface area is 130 Å². The minimum Gasteiger partial charge on any atom is -0.480 e. The number of aliphatic carboxylic acids is 1. The van der Waals surface area contributed by atoms with Gasteiger partial charge in [-0.05, 0) is 38.0 Å². The van der Waals surface area contributed by atoms with Crippen LogP contribution in [0, 0.1) is 5.92 Å². The molecule has 1 aliphatic carbocycles. The van der Waals surface area contributed by atoms with Crippen molar-refractivity contribution in [1.29, 1.82) is 0 Å². The molecule has 5 nitrogen and oxygen atoms in total. The first kappa shape index (κ1) is 16.5. The Bertz CT molecular complexity index is 394. The number of thioether (sulfide) groups is 1. The number of hydrogen-bond donors (Lipinski definition) is 2. The number of hydrogen-bond acceptors (Lipinski definition) is 3. The van der Waals surface area contributed by atoms with Gasteiger partial charge in [0.15, 0.2) is 0 Å². The van der Waals surface area contributed by atoms with Crippen LogP contribution in [-0.2, 0) is 4.79 Å². The smallest absolute Gasteiger partial charge is 0.329 e. The van der Waals surface area contributed by atoms with Crippen LogP contribution in [0.1, 0.15) is 46.0 Å². The van der Waals surface area contributed by atoms with E-state index in [1.54, 1.807) is 4.90 Å². The maximum absolute atomic E-state index is 12.5. The number of amides is 2. The predicted octanol–water partition coefficient (Wildman–Crippen LogP) is 2.56. The first-order valence-electron chi connectivity index (χ1n) is 7.89. The predicted molar refractivity (Wildman–Crippen MR) is 84.6 cm³/mol. The first-order valence-corrected chi connectivity index (χ1v) is 8.94. The topological polar surface area (TPSA) is 69.6 Å². The van der Waals surface area contributed by atoms with Crippen LogP contribution in [0.3, 0.4) is 0 Å².